The van der Waals surface area contributed by atoms with Crippen LogP contribution < -0.4 is 5.32 Å². The van der Waals surface area contributed by atoms with Crippen LogP contribution in [-0.4, -0.2) is 18.1 Å². The zero-order chi connectivity index (χ0) is 11.7. The van der Waals surface area contributed by atoms with Gasteiger partial charge in [-0.3, -0.25) is 4.98 Å². The van der Waals surface area contributed by atoms with Crippen LogP contribution in [0.25, 0.3) is 5.57 Å². The molecule has 0 bridgehead atoms. The molecule has 2 atom stereocenters. The van der Waals surface area contributed by atoms with Crippen molar-refractivity contribution in [2.24, 2.45) is 11.8 Å². The van der Waals surface area contributed by atoms with E-state index in [-0.39, 0.29) is 0 Å². The Balaban J connectivity index is 1.87. The summed E-state index contributed by atoms with van der Waals surface area (Å²) in [5.74, 6) is 1.46. The Morgan fingerprint density at radius 1 is 1.41 bits per heavy atom. The molecule has 2 heterocycles. The molecule has 1 aromatic rings. The van der Waals surface area contributed by atoms with Crippen LogP contribution in [0.1, 0.15) is 24.0 Å². The van der Waals surface area contributed by atoms with Gasteiger partial charge in [0.15, 0.2) is 0 Å². The van der Waals surface area contributed by atoms with Crippen molar-refractivity contribution >= 4 is 5.57 Å². The van der Waals surface area contributed by atoms with Crippen LogP contribution in [0, 0.1) is 23.2 Å². The maximum Gasteiger partial charge on any atom is 0.101 e. The van der Waals surface area contributed by atoms with E-state index >= 15 is 0 Å². The van der Waals surface area contributed by atoms with Gasteiger partial charge in [0.1, 0.15) is 6.07 Å². The van der Waals surface area contributed by atoms with E-state index in [0.717, 1.165) is 31.0 Å². The summed E-state index contributed by atoms with van der Waals surface area (Å²) in [5, 5.41) is 12.3. The van der Waals surface area contributed by atoms with E-state index in [1.165, 1.54) is 12.0 Å². The first-order valence-corrected chi connectivity index (χ1v) is 6.14. The first-order valence-electron chi connectivity index (χ1n) is 6.14. The van der Waals surface area contributed by atoms with Crippen LogP contribution in [0.5, 0.6) is 0 Å². The lowest BCUT2D eigenvalue weighted by Crippen LogP contribution is -2.33. The van der Waals surface area contributed by atoms with E-state index in [1.807, 2.05) is 12.3 Å². The lowest BCUT2D eigenvalue weighted by Gasteiger charge is -2.25. The molecule has 1 aromatic heterocycles. The van der Waals surface area contributed by atoms with E-state index < -0.39 is 0 Å². The first-order chi connectivity index (χ1) is 8.36. The van der Waals surface area contributed by atoms with Crippen molar-refractivity contribution in [1.82, 2.24) is 10.3 Å². The molecular weight excluding hydrogens is 210 g/mol. The van der Waals surface area contributed by atoms with Gasteiger partial charge in [-0.15, -0.1) is 0 Å². The Morgan fingerprint density at radius 2 is 2.35 bits per heavy atom. The van der Waals surface area contributed by atoms with E-state index in [9.17, 15) is 0 Å². The lowest BCUT2D eigenvalue weighted by molar-refractivity contribution is 0.323. The summed E-state index contributed by atoms with van der Waals surface area (Å²) in [4.78, 5) is 4.14. The third kappa shape index (κ3) is 1.96. The molecule has 86 valence electrons. The third-order valence-electron chi connectivity index (χ3n) is 3.81. The largest absolute Gasteiger partial charge is 0.316 e. The number of pyridine rings is 1. The fraction of sp³-hybridized carbons (Fsp3) is 0.429. The number of piperidine rings is 1. The molecule has 0 aromatic carbocycles. The van der Waals surface area contributed by atoms with Crippen LogP contribution in [0.3, 0.4) is 0 Å². The van der Waals surface area contributed by atoms with Gasteiger partial charge in [-0.2, -0.15) is 5.26 Å². The van der Waals surface area contributed by atoms with E-state index in [2.05, 4.69) is 22.4 Å². The highest BCUT2D eigenvalue weighted by atomic mass is 14.9. The summed E-state index contributed by atoms with van der Waals surface area (Å²) in [6.45, 7) is 2.23. The normalized spacial score (nSPS) is 27.1. The zero-order valence-electron chi connectivity index (χ0n) is 9.69. The average Bonchev–Trinajstić information content (AvgIpc) is 2.82. The summed E-state index contributed by atoms with van der Waals surface area (Å²) in [6.07, 6.45) is 8.26. The number of allylic oxidation sites excluding steroid dienone is 1. The van der Waals surface area contributed by atoms with Crippen LogP contribution in [-0.2, 0) is 0 Å². The highest BCUT2D eigenvalue weighted by Gasteiger charge is 2.30. The Morgan fingerprint density at radius 3 is 3.18 bits per heavy atom. The van der Waals surface area contributed by atoms with Crippen molar-refractivity contribution in [1.29, 1.82) is 5.26 Å². The number of rotatable bonds is 1. The van der Waals surface area contributed by atoms with Crippen LogP contribution in [0.15, 0.2) is 24.5 Å². The molecular formula is C14H15N3. The van der Waals surface area contributed by atoms with E-state index in [1.54, 1.807) is 6.20 Å². The predicted molar refractivity (Wildman–Crippen MR) is 66.0 cm³/mol. The molecule has 0 radical (unpaired) electrons. The molecule has 1 saturated heterocycles. The number of nitrogens with one attached hydrogen (secondary N) is 1. The molecule has 2 aliphatic rings. The maximum atomic E-state index is 8.89. The number of hydrogen-bond donors (Lipinski definition) is 1. The van der Waals surface area contributed by atoms with E-state index in [4.69, 9.17) is 5.26 Å². The van der Waals surface area contributed by atoms with Crippen molar-refractivity contribution in [3.8, 4) is 6.07 Å². The Bertz CT molecular complexity index is 498. The van der Waals surface area contributed by atoms with Crippen molar-refractivity contribution in [3.63, 3.8) is 0 Å². The molecule has 0 amide bonds. The number of hydrogen-bond acceptors (Lipinski definition) is 3. The van der Waals surface area contributed by atoms with Crippen molar-refractivity contribution < 1.29 is 0 Å². The molecule has 17 heavy (non-hydrogen) atoms. The van der Waals surface area contributed by atoms with Gasteiger partial charge in [-0.25, -0.2) is 0 Å². The quantitative estimate of drug-likeness (QED) is 0.795. The molecule has 1 fully saturated rings. The van der Waals surface area contributed by atoms with E-state index in [0.29, 0.717) is 11.5 Å². The summed E-state index contributed by atoms with van der Waals surface area (Å²) in [5.41, 5.74) is 3.14. The molecule has 3 nitrogen and oxygen atoms in total. The fourth-order valence-electron chi connectivity index (χ4n) is 2.89. The van der Waals surface area contributed by atoms with Gasteiger partial charge in [-0.05, 0) is 48.4 Å². The molecule has 3 heteroatoms. The predicted octanol–water partition coefficient (Wildman–Crippen LogP) is 1.97. The fourth-order valence-corrected chi connectivity index (χ4v) is 2.89. The second-order valence-electron chi connectivity index (χ2n) is 4.89. The SMILES string of the molecule is N#Cc1cncc(C2=C[C@@H]3CNCC[C@@H]3C2)c1. The van der Waals surface area contributed by atoms with Gasteiger partial charge >= 0.3 is 0 Å². The molecule has 1 aliphatic carbocycles. The van der Waals surface area contributed by atoms with Crippen LogP contribution in [0.2, 0.25) is 0 Å². The highest BCUT2D eigenvalue weighted by molar-refractivity contribution is 5.68. The maximum absolute atomic E-state index is 8.89. The summed E-state index contributed by atoms with van der Waals surface area (Å²) in [6, 6.07) is 4.10. The highest BCUT2D eigenvalue weighted by Crippen LogP contribution is 2.39. The minimum Gasteiger partial charge on any atom is -0.316 e. The minimum atomic E-state index is 0.649. The number of nitriles is 1. The smallest absolute Gasteiger partial charge is 0.101 e. The number of aromatic nitrogens is 1. The Kier molecular flexibility index (Phi) is 2.66. The topological polar surface area (TPSA) is 48.7 Å². The second kappa shape index (κ2) is 4.31. The summed E-state index contributed by atoms with van der Waals surface area (Å²) >= 11 is 0. The Labute approximate surface area is 101 Å². The average molecular weight is 225 g/mol. The van der Waals surface area contributed by atoms with Gasteiger partial charge in [-0.1, -0.05) is 6.08 Å². The standard InChI is InChI=1S/C14H15N3/c15-6-10-3-13(9-17-7-10)12-4-11-1-2-16-8-14(11)5-12/h3,5,7,9,11,14,16H,1-2,4,8H2/t11-,14-/m1/s1. The first kappa shape index (κ1) is 10.5. The summed E-state index contributed by atoms with van der Waals surface area (Å²) in [7, 11) is 0. The van der Waals surface area contributed by atoms with Crippen molar-refractivity contribution in [3.05, 3.63) is 35.7 Å². The zero-order valence-corrected chi connectivity index (χ0v) is 9.69. The molecule has 3 rings (SSSR count). The third-order valence-corrected chi connectivity index (χ3v) is 3.81. The number of fused-ring (bicyclic) bond motifs is 1. The van der Waals surface area contributed by atoms with Gasteiger partial charge in [0.2, 0.25) is 0 Å². The van der Waals surface area contributed by atoms with Gasteiger partial charge < -0.3 is 5.32 Å². The molecule has 0 unspecified atom stereocenters. The van der Waals surface area contributed by atoms with Gasteiger partial charge in [0.05, 0.1) is 5.56 Å². The monoisotopic (exact) mass is 225 g/mol. The van der Waals surface area contributed by atoms with Crippen LogP contribution in [0.4, 0.5) is 0 Å². The van der Waals surface area contributed by atoms with Crippen LogP contribution >= 0.6 is 0 Å². The molecule has 0 saturated carbocycles. The lowest BCUT2D eigenvalue weighted by atomic mass is 9.89. The van der Waals surface area contributed by atoms with Gasteiger partial charge in [0, 0.05) is 18.9 Å². The van der Waals surface area contributed by atoms with Crippen molar-refractivity contribution in [2.75, 3.05) is 13.1 Å². The number of nitrogens with zero attached hydrogens (tertiary/aromatic N) is 2. The molecule has 0 spiro atoms. The minimum absolute atomic E-state index is 0.649. The summed E-state index contributed by atoms with van der Waals surface area (Å²) < 4.78 is 0. The van der Waals surface area contributed by atoms with Gasteiger partial charge in [0.25, 0.3) is 0 Å². The Hall–Kier alpha value is -1.66. The molecule has 1 aliphatic heterocycles. The molecule has 1 N–H and O–H groups in total. The second-order valence-corrected chi connectivity index (χ2v) is 4.89. The van der Waals surface area contributed by atoms with Crippen molar-refractivity contribution in [2.45, 2.75) is 12.8 Å².